The average molecular weight is 612 g/mol. The molecule has 43 heavy (non-hydrogen) atoms. The van der Waals surface area contributed by atoms with Gasteiger partial charge in [-0.2, -0.15) is 5.26 Å². The number of methoxy groups -OCH3 is 1. The molecule has 0 bridgehead atoms. The van der Waals surface area contributed by atoms with E-state index in [0.717, 1.165) is 0 Å². The van der Waals surface area contributed by atoms with E-state index in [1.165, 1.54) is 31.1 Å². The molecule has 2 aromatic heterocycles. The van der Waals surface area contributed by atoms with Gasteiger partial charge in [-0.3, -0.25) is 14.6 Å². The van der Waals surface area contributed by atoms with Crippen LogP contribution in [-0.4, -0.2) is 53.5 Å². The highest BCUT2D eigenvalue weighted by Crippen LogP contribution is 2.38. The number of hydrogen-bond acceptors (Lipinski definition) is 9. The molecule has 0 aliphatic carbocycles. The number of likely N-dealkylation sites (N-methyl/N-ethyl adjacent to an activating group) is 1. The van der Waals surface area contributed by atoms with Gasteiger partial charge in [0.1, 0.15) is 11.8 Å². The van der Waals surface area contributed by atoms with E-state index in [9.17, 15) is 14.9 Å². The Morgan fingerprint density at radius 1 is 1.16 bits per heavy atom. The second-order valence-electron chi connectivity index (χ2n) is 9.64. The van der Waals surface area contributed by atoms with Gasteiger partial charge in [-0.1, -0.05) is 41.6 Å². The second-order valence-corrected chi connectivity index (χ2v) is 11.1. The fraction of sp³-hybridized carbons (Fsp3) is 0.129. The van der Waals surface area contributed by atoms with Crippen LogP contribution in [0.15, 0.2) is 87.8 Å². The fourth-order valence-electron chi connectivity index (χ4n) is 4.27. The van der Waals surface area contributed by atoms with Crippen molar-refractivity contribution >= 4 is 68.1 Å². The highest BCUT2D eigenvalue weighted by molar-refractivity contribution is 7.99. The van der Waals surface area contributed by atoms with E-state index in [2.05, 4.69) is 31.7 Å². The number of aromatic amines is 1. The third-order valence-electron chi connectivity index (χ3n) is 6.31. The number of H-pyrrole nitrogens is 1. The minimum absolute atomic E-state index is 0.229. The van der Waals surface area contributed by atoms with Crippen LogP contribution in [0.25, 0.3) is 21.8 Å². The molecule has 5 aromatic rings. The van der Waals surface area contributed by atoms with Crippen LogP contribution in [0.1, 0.15) is 5.56 Å². The smallest absolute Gasteiger partial charge is 0.259 e. The van der Waals surface area contributed by atoms with Crippen LogP contribution in [0.3, 0.4) is 0 Å². The summed E-state index contributed by atoms with van der Waals surface area (Å²) < 4.78 is 5.50. The van der Waals surface area contributed by atoms with Crippen molar-refractivity contribution in [2.24, 2.45) is 0 Å². The molecule has 12 heteroatoms. The van der Waals surface area contributed by atoms with Gasteiger partial charge < -0.3 is 25.3 Å². The molecule has 0 fully saturated rings. The Balaban J connectivity index is 1.45. The number of pyridine rings is 1. The zero-order chi connectivity index (χ0) is 30.5. The van der Waals surface area contributed by atoms with E-state index in [1.807, 2.05) is 31.1 Å². The molecule has 0 saturated heterocycles. The highest BCUT2D eigenvalue weighted by Gasteiger charge is 2.16. The third kappa shape index (κ3) is 6.79. The van der Waals surface area contributed by atoms with Crippen LogP contribution in [0, 0.1) is 11.3 Å². The number of carbonyl (C=O) groups excluding carboxylic acids is 1. The number of hydrogen-bond donors (Lipinski definition) is 3. The molecule has 0 atom stereocenters. The number of fused-ring (bicyclic) bond motifs is 2. The van der Waals surface area contributed by atoms with Crippen LogP contribution >= 0.6 is 23.4 Å². The maximum absolute atomic E-state index is 12.6. The monoisotopic (exact) mass is 611 g/mol. The molecule has 2 heterocycles. The molecule has 0 radical (unpaired) electrons. The molecular formula is C31H26ClN7O3S. The normalized spacial score (nSPS) is 11.3. The average Bonchev–Trinajstić information content (AvgIpc) is 2.98. The van der Waals surface area contributed by atoms with Crippen molar-refractivity contribution in [1.29, 1.82) is 5.26 Å². The Morgan fingerprint density at radius 3 is 2.72 bits per heavy atom. The Bertz CT molecular complexity index is 1990. The number of aromatic nitrogens is 3. The molecule has 0 unspecified atom stereocenters. The lowest BCUT2D eigenvalue weighted by atomic mass is 10.1. The Morgan fingerprint density at radius 2 is 1.98 bits per heavy atom. The maximum Gasteiger partial charge on any atom is 0.259 e. The van der Waals surface area contributed by atoms with Gasteiger partial charge in [0.2, 0.25) is 5.91 Å². The van der Waals surface area contributed by atoms with Crippen LogP contribution in [-0.2, 0) is 4.79 Å². The van der Waals surface area contributed by atoms with Gasteiger partial charge in [0.05, 0.1) is 45.5 Å². The lowest BCUT2D eigenvalue weighted by molar-refractivity contribution is -0.111. The van der Waals surface area contributed by atoms with Crippen LogP contribution in [0.2, 0.25) is 5.02 Å². The van der Waals surface area contributed by atoms with E-state index in [0.29, 0.717) is 71.8 Å². The first-order valence-electron chi connectivity index (χ1n) is 13.0. The summed E-state index contributed by atoms with van der Waals surface area (Å²) in [6, 6.07) is 18.0. The molecule has 0 aliphatic rings. The topological polar surface area (TPSA) is 136 Å². The number of nitriles is 1. The molecule has 3 aromatic carbocycles. The third-order valence-corrected chi connectivity index (χ3v) is 7.69. The first-order valence-corrected chi connectivity index (χ1v) is 14.2. The summed E-state index contributed by atoms with van der Waals surface area (Å²) in [5.41, 5.74) is 2.76. The predicted molar refractivity (Wildman–Crippen MR) is 171 cm³/mol. The van der Waals surface area contributed by atoms with E-state index in [4.69, 9.17) is 16.3 Å². The van der Waals surface area contributed by atoms with Crippen molar-refractivity contribution < 1.29 is 9.53 Å². The van der Waals surface area contributed by atoms with Crippen molar-refractivity contribution in [2.75, 3.05) is 38.4 Å². The zero-order valence-electron chi connectivity index (χ0n) is 23.4. The lowest BCUT2D eigenvalue weighted by Gasteiger charge is -2.16. The van der Waals surface area contributed by atoms with Gasteiger partial charge in [0.15, 0.2) is 5.16 Å². The Kier molecular flexibility index (Phi) is 8.92. The molecule has 216 valence electrons. The molecular weight excluding hydrogens is 586 g/mol. The Labute approximate surface area is 256 Å². The van der Waals surface area contributed by atoms with Crippen molar-refractivity contribution in [3.05, 3.63) is 93.9 Å². The van der Waals surface area contributed by atoms with Gasteiger partial charge in [-0.05, 0) is 50.5 Å². The summed E-state index contributed by atoms with van der Waals surface area (Å²) >= 11 is 7.88. The summed E-state index contributed by atoms with van der Waals surface area (Å²) in [7, 11) is 5.32. The largest absolute Gasteiger partial charge is 0.494 e. The molecule has 0 spiro atoms. The minimum atomic E-state index is -0.319. The number of nitrogens with zero attached hydrogens (tertiary/aromatic N) is 4. The van der Waals surface area contributed by atoms with Crippen LogP contribution in [0.5, 0.6) is 5.75 Å². The number of halogens is 1. The van der Waals surface area contributed by atoms with Gasteiger partial charge in [-0.25, -0.2) is 4.98 Å². The van der Waals surface area contributed by atoms with Crippen molar-refractivity contribution in [2.45, 2.75) is 10.1 Å². The summed E-state index contributed by atoms with van der Waals surface area (Å²) in [4.78, 5) is 39.4. The first kappa shape index (κ1) is 29.6. The first-order chi connectivity index (χ1) is 20.7. The number of nitrogens with one attached hydrogen (secondary N) is 3. The summed E-state index contributed by atoms with van der Waals surface area (Å²) in [6.07, 6.45) is 4.68. The van der Waals surface area contributed by atoms with Crippen molar-refractivity contribution in [3.63, 3.8) is 0 Å². The number of carbonyl (C=O) groups is 1. The zero-order valence-corrected chi connectivity index (χ0v) is 25.0. The fourth-order valence-corrected chi connectivity index (χ4v) is 5.36. The van der Waals surface area contributed by atoms with Gasteiger partial charge in [-0.15, -0.1) is 0 Å². The maximum atomic E-state index is 12.6. The molecule has 0 aliphatic heterocycles. The van der Waals surface area contributed by atoms with Crippen LogP contribution < -0.4 is 20.9 Å². The molecule has 10 nitrogen and oxygen atoms in total. The molecule has 0 saturated carbocycles. The second kappa shape index (κ2) is 13.0. The molecule has 5 rings (SSSR count). The van der Waals surface area contributed by atoms with Crippen molar-refractivity contribution in [3.8, 4) is 11.8 Å². The quantitative estimate of drug-likeness (QED) is 0.136. The highest BCUT2D eigenvalue weighted by atomic mass is 35.5. The minimum Gasteiger partial charge on any atom is -0.494 e. The number of amides is 1. The standard InChI is InChI=1S/C31H26ClN7O3S/c1-39(2)12-6-9-28(40)36-25-14-21-24(15-26(25)42-3)34-17-18(16-33)29(21)35-19-10-11-27(22(32)13-19)43-31-37-23-8-5-4-7-20(23)30(41)38-31/h4-11,13-15,17H,12H2,1-3H3,(H,34,35)(H,36,40)(H,37,38,41). The summed E-state index contributed by atoms with van der Waals surface area (Å²) in [5.74, 6) is 0.107. The molecule has 1 amide bonds. The van der Waals surface area contributed by atoms with Gasteiger partial charge in [0, 0.05) is 40.9 Å². The van der Waals surface area contributed by atoms with E-state index >= 15 is 0 Å². The number of anilines is 3. The summed E-state index contributed by atoms with van der Waals surface area (Å²) in [5, 5.41) is 18.0. The number of rotatable bonds is 9. The van der Waals surface area contributed by atoms with Crippen LogP contribution in [0.4, 0.5) is 17.1 Å². The van der Waals surface area contributed by atoms with E-state index in [-0.39, 0.29) is 11.5 Å². The Hall–Kier alpha value is -4.89. The van der Waals surface area contributed by atoms with Crippen molar-refractivity contribution in [1.82, 2.24) is 19.9 Å². The molecule has 3 N–H and O–H groups in total. The lowest BCUT2D eigenvalue weighted by Crippen LogP contribution is -2.13. The van der Waals surface area contributed by atoms with E-state index in [1.54, 1.807) is 48.5 Å². The number of benzene rings is 3. The van der Waals surface area contributed by atoms with Gasteiger partial charge >= 0.3 is 0 Å². The van der Waals surface area contributed by atoms with Gasteiger partial charge in [0.25, 0.3) is 5.56 Å². The number of ether oxygens (including phenoxy) is 1. The predicted octanol–water partition coefficient (Wildman–Crippen LogP) is 5.96. The number of para-hydroxylation sites is 1. The van der Waals surface area contributed by atoms with E-state index < -0.39 is 0 Å². The summed E-state index contributed by atoms with van der Waals surface area (Å²) in [6.45, 7) is 0.613. The SMILES string of the molecule is COc1cc2ncc(C#N)c(Nc3ccc(Sc4nc5ccccc5c(=O)[nH]4)c(Cl)c3)c2cc1NC(=O)C=CCN(C)C.